The molecule has 0 saturated heterocycles. The number of rotatable bonds is 5. The molecule has 0 spiro atoms. The first-order chi connectivity index (χ1) is 10.7. The maximum absolute atomic E-state index is 6.11. The van der Waals surface area contributed by atoms with Crippen LogP contribution in [0, 0.1) is 6.92 Å². The second kappa shape index (κ2) is 6.22. The third-order valence-corrected chi connectivity index (χ3v) is 3.80. The summed E-state index contributed by atoms with van der Waals surface area (Å²) >= 11 is 0. The lowest BCUT2D eigenvalue weighted by atomic mass is 10.2. The van der Waals surface area contributed by atoms with Crippen LogP contribution in [0.3, 0.4) is 0 Å². The SMILES string of the molecule is CCCn1c(C(C)Oc2cccc(C)c2)nc2ccccc21. The van der Waals surface area contributed by atoms with E-state index >= 15 is 0 Å². The van der Waals surface area contributed by atoms with Gasteiger partial charge in [0.15, 0.2) is 11.9 Å². The standard InChI is InChI=1S/C19H22N2O/c1-4-12-21-18-11-6-5-10-17(18)20-19(21)15(3)22-16-9-7-8-14(2)13-16/h5-11,13,15H,4,12H2,1-3H3. The number of nitrogens with zero attached hydrogens (tertiary/aromatic N) is 2. The first kappa shape index (κ1) is 14.6. The molecule has 1 heterocycles. The predicted octanol–water partition coefficient (Wildman–Crippen LogP) is 4.89. The quantitative estimate of drug-likeness (QED) is 0.669. The van der Waals surface area contributed by atoms with Gasteiger partial charge in [-0.15, -0.1) is 0 Å². The minimum Gasteiger partial charge on any atom is -0.483 e. The Balaban J connectivity index is 1.96. The summed E-state index contributed by atoms with van der Waals surface area (Å²) in [5.41, 5.74) is 3.41. The molecule has 3 nitrogen and oxygen atoms in total. The Labute approximate surface area is 131 Å². The molecule has 114 valence electrons. The van der Waals surface area contributed by atoms with Crippen molar-refractivity contribution in [1.29, 1.82) is 0 Å². The highest BCUT2D eigenvalue weighted by Gasteiger charge is 2.17. The van der Waals surface area contributed by atoms with Gasteiger partial charge in [-0.1, -0.05) is 31.2 Å². The van der Waals surface area contributed by atoms with Crippen LogP contribution in [0.5, 0.6) is 5.75 Å². The van der Waals surface area contributed by atoms with E-state index in [1.165, 1.54) is 11.1 Å². The van der Waals surface area contributed by atoms with Crippen molar-refractivity contribution < 1.29 is 4.74 Å². The molecule has 0 N–H and O–H groups in total. The summed E-state index contributed by atoms with van der Waals surface area (Å²) in [6.45, 7) is 7.28. The number of para-hydroxylation sites is 2. The Morgan fingerprint density at radius 1 is 1.14 bits per heavy atom. The number of hydrogen-bond donors (Lipinski definition) is 0. The van der Waals surface area contributed by atoms with E-state index in [9.17, 15) is 0 Å². The van der Waals surface area contributed by atoms with Crippen molar-refractivity contribution in [2.24, 2.45) is 0 Å². The molecule has 0 aliphatic carbocycles. The lowest BCUT2D eigenvalue weighted by Gasteiger charge is -2.16. The minimum atomic E-state index is -0.0826. The van der Waals surface area contributed by atoms with E-state index < -0.39 is 0 Å². The van der Waals surface area contributed by atoms with E-state index in [4.69, 9.17) is 9.72 Å². The van der Waals surface area contributed by atoms with Crippen molar-refractivity contribution in [1.82, 2.24) is 9.55 Å². The Hall–Kier alpha value is -2.29. The summed E-state index contributed by atoms with van der Waals surface area (Å²) in [5.74, 6) is 1.88. The molecule has 0 amide bonds. The van der Waals surface area contributed by atoms with Gasteiger partial charge < -0.3 is 9.30 Å². The molecule has 0 bridgehead atoms. The lowest BCUT2D eigenvalue weighted by Crippen LogP contribution is -2.12. The van der Waals surface area contributed by atoms with Crippen LogP contribution in [-0.2, 0) is 6.54 Å². The summed E-state index contributed by atoms with van der Waals surface area (Å²) in [6.07, 6.45) is 0.991. The van der Waals surface area contributed by atoms with Gasteiger partial charge in [-0.3, -0.25) is 0 Å². The second-order valence-corrected chi connectivity index (χ2v) is 5.69. The lowest BCUT2D eigenvalue weighted by molar-refractivity contribution is 0.211. The van der Waals surface area contributed by atoms with Crippen molar-refractivity contribution in [2.45, 2.75) is 39.8 Å². The van der Waals surface area contributed by atoms with E-state index in [2.05, 4.69) is 55.7 Å². The Kier molecular flexibility index (Phi) is 4.14. The minimum absolute atomic E-state index is 0.0826. The number of ether oxygens (including phenoxy) is 1. The average Bonchev–Trinajstić information content (AvgIpc) is 2.87. The highest BCUT2D eigenvalue weighted by molar-refractivity contribution is 5.76. The number of imidazole rings is 1. The molecule has 0 fully saturated rings. The molecule has 22 heavy (non-hydrogen) atoms. The number of fused-ring (bicyclic) bond motifs is 1. The Bertz CT molecular complexity index is 776. The molecular formula is C19H22N2O. The molecule has 3 aromatic rings. The Morgan fingerprint density at radius 3 is 2.73 bits per heavy atom. The molecule has 0 radical (unpaired) electrons. The summed E-state index contributed by atoms with van der Waals surface area (Å²) in [4.78, 5) is 4.79. The summed E-state index contributed by atoms with van der Waals surface area (Å²) in [5, 5.41) is 0. The van der Waals surface area contributed by atoms with Crippen molar-refractivity contribution in [3.63, 3.8) is 0 Å². The maximum Gasteiger partial charge on any atom is 0.153 e. The van der Waals surface area contributed by atoms with E-state index in [-0.39, 0.29) is 6.10 Å². The zero-order valence-electron chi connectivity index (χ0n) is 13.4. The van der Waals surface area contributed by atoms with Gasteiger partial charge in [0.2, 0.25) is 0 Å². The molecule has 0 aliphatic rings. The highest BCUT2D eigenvalue weighted by atomic mass is 16.5. The van der Waals surface area contributed by atoms with E-state index in [0.29, 0.717) is 0 Å². The monoisotopic (exact) mass is 294 g/mol. The molecule has 0 saturated carbocycles. The average molecular weight is 294 g/mol. The predicted molar refractivity (Wildman–Crippen MR) is 90.2 cm³/mol. The van der Waals surface area contributed by atoms with Gasteiger partial charge in [-0.2, -0.15) is 0 Å². The van der Waals surface area contributed by atoms with E-state index in [1.54, 1.807) is 0 Å². The van der Waals surface area contributed by atoms with Crippen molar-refractivity contribution in [2.75, 3.05) is 0 Å². The van der Waals surface area contributed by atoms with Crippen molar-refractivity contribution in [3.05, 3.63) is 59.9 Å². The molecule has 3 heteroatoms. The van der Waals surface area contributed by atoms with Gasteiger partial charge in [-0.05, 0) is 50.1 Å². The molecule has 1 atom stereocenters. The van der Waals surface area contributed by atoms with Gasteiger partial charge in [-0.25, -0.2) is 4.98 Å². The topological polar surface area (TPSA) is 27.1 Å². The van der Waals surface area contributed by atoms with Gasteiger partial charge >= 0.3 is 0 Å². The molecule has 1 unspecified atom stereocenters. The van der Waals surface area contributed by atoms with E-state index in [1.807, 2.05) is 18.2 Å². The van der Waals surface area contributed by atoms with Gasteiger partial charge in [0, 0.05) is 6.54 Å². The fourth-order valence-electron chi connectivity index (χ4n) is 2.81. The van der Waals surface area contributed by atoms with Crippen molar-refractivity contribution >= 4 is 11.0 Å². The van der Waals surface area contributed by atoms with Crippen LogP contribution in [0.2, 0.25) is 0 Å². The smallest absolute Gasteiger partial charge is 0.153 e. The summed E-state index contributed by atoms with van der Waals surface area (Å²) < 4.78 is 8.39. The largest absolute Gasteiger partial charge is 0.483 e. The molecule has 2 aromatic carbocycles. The normalized spacial score (nSPS) is 12.5. The van der Waals surface area contributed by atoms with Crippen LogP contribution in [-0.4, -0.2) is 9.55 Å². The van der Waals surface area contributed by atoms with Crippen LogP contribution in [0.4, 0.5) is 0 Å². The van der Waals surface area contributed by atoms with Crippen LogP contribution in [0.25, 0.3) is 11.0 Å². The number of aromatic nitrogens is 2. The molecule has 1 aromatic heterocycles. The summed E-state index contributed by atoms with van der Waals surface area (Å²) in [7, 11) is 0. The highest BCUT2D eigenvalue weighted by Crippen LogP contribution is 2.25. The third-order valence-electron chi connectivity index (χ3n) is 3.80. The number of aryl methyl sites for hydroxylation is 2. The molecule has 3 rings (SSSR count). The Morgan fingerprint density at radius 2 is 1.95 bits per heavy atom. The zero-order valence-corrected chi connectivity index (χ0v) is 13.4. The van der Waals surface area contributed by atoms with Gasteiger partial charge in [0.25, 0.3) is 0 Å². The summed E-state index contributed by atoms with van der Waals surface area (Å²) in [6, 6.07) is 16.4. The van der Waals surface area contributed by atoms with Crippen LogP contribution in [0.15, 0.2) is 48.5 Å². The van der Waals surface area contributed by atoms with Gasteiger partial charge in [0.1, 0.15) is 5.75 Å². The first-order valence-electron chi connectivity index (χ1n) is 7.87. The zero-order chi connectivity index (χ0) is 15.5. The fourth-order valence-corrected chi connectivity index (χ4v) is 2.81. The fraction of sp³-hybridized carbons (Fsp3) is 0.316. The van der Waals surface area contributed by atoms with Crippen LogP contribution in [0.1, 0.15) is 37.8 Å². The number of hydrogen-bond acceptors (Lipinski definition) is 2. The van der Waals surface area contributed by atoms with Crippen LogP contribution >= 0.6 is 0 Å². The molecular weight excluding hydrogens is 272 g/mol. The first-order valence-corrected chi connectivity index (χ1v) is 7.87. The third kappa shape index (κ3) is 2.84. The maximum atomic E-state index is 6.11. The van der Waals surface area contributed by atoms with E-state index in [0.717, 1.165) is 30.1 Å². The van der Waals surface area contributed by atoms with Crippen molar-refractivity contribution in [3.8, 4) is 5.75 Å². The second-order valence-electron chi connectivity index (χ2n) is 5.69. The molecule has 0 aliphatic heterocycles. The van der Waals surface area contributed by atoms with Crippen LogP contribution < -0.4 is 4.74 Å². The van der Waals surface area contributed by atoms with Gasteiger partial charge in [0.05, 0.1) is 11.0 Å². The number of benzene rings is 2.